The second-order valence-electron chi connectivity index (χ2n) is 6.78. The molecule has 2 aromatic heterocycles. The first-order chi connectivity index (χ1) is 14.2. The minimum atomic E-state index is -0.0757. The Balaban J connectivity index is 1.84. The highest BCUT2D eigenvalue weighted by Crippen LogP contribution is 2.39. The molecule has 29 heavy (non-hydrogen) atoms. The van der Waals surface area contributed by atoms with Crippen LogP contribution in [0.2, 0.25) is 0 Å². The summed E-state index contributed by atoms with van der Waals surface area (Å²) < 4.78 is 5.27. The molecule has 0 spiro atoms. The lowest BCUT2D eigenvalue weighted by Gasteiger charge is -2.20. The van der Waals surface area contributed by atoms with Crippen LogP contribution in [0, 0.1) is 0 Å². The quantitative estimate of drug-likeness (QED) is 0.408. The van der Waals surface area contributed by atoms with Gasteiger partial charge in [-0.3, -0.25) is 0 Å². The molecule has 1 atom stereocenters. The molecule has 2 heterocycles. The maximum Gasteiger partial charge on any atom is 0.158 e. The molecule has 2 N–H and O–H groups in total. The van der Waals surface area contributed by atoms with E-state index in [4.69, 9.17) is 9.72 Å². The van der Waals surface area contributed by atoms with Crippen LogP contribution in [0.25, 0.3) is 21.3 Å². The predicted octanol–water partition coefficient (Wildman–Crippen LogP) is 5.77. The number of aromatic nitrogens is 2. The number of hydrogen-bond donors (Lipinski definition) is 2. The van der Waals surface area contributed by atoms with E-state index in [1.807, 2.05) is 36.4 Å². The molecule has 4 aromatic rings. The molecule has 0 aliphatic heterocycles. The Bertz CT molecular complexity index is 1110. The molecule has 5 nitrogen and oxygen atoms in total. The standard InChI is InChI=1S/C23H23N3O2S/c1-3-18(16-11-7-8-12-19(16)27)24-22-21-17(15-9-5-4-6-10-15)14-29-23(21)26-20(25-22)13-28-2/h4-12,14,18,27H,3,13H2,1-2H3,(H,24,25,26). The Labute approximate surface area is 174 Å². The van der Waals surface area contributed by atoms with Crippen LogP contribution in [0.5, 0.6) is 5.75 Å². The molecular formula is C23H23N3O2S. The number of thiophene rings is 1. The van der Waals surface area contributed by atoms with Crippen LogP contribution in [0.4, 0.5) is 5.82 Å². The van der Waals surface area contributed by atoms with Gasteiger partial charge in [0.05, 0.1) is 11.4 Å². The van der Waals surface area contributed by atoms with Crippen molar-refractivity contribution >= 4 is 27.4 Å². The number of hydrogen-bond acceptors (Lipinski definition) is 6. The molecule has 148 valence electrons. The molecule has 0 fully saturated rings. The Morgan fingerprint density at radius 3 is 2.55 bits per heavy atom. The van der Waals surface area contributed by atoms with E-state index >= 15 is 0 Å². The fourth-order valence-corrected chi connectivity index (χ4v) is 4.43. The second-order valence-corrected chi connectivity index (χ2v) is 7.64. The van der Waals surface area contributed by atoms with Crippen molar-refractivity contribution in [2.45, 2.75) is 26.0 Å². The summed E-state index contributed by atoms with van der Waals surface area (Å²) in [5.74, 6) is 1.68. The van der Waals surface area contributed by atoms with Crippen LogP contribution >= 0.6 is 11.3 Å². The number of benzene rings is 2. The number of aromatic hydroxyl groups is 1. The van der Waals surface area contributed by atoms with E-state index < -0.39 is 0 Å². The van der Waals surface area contributed by atoms with Gasteiger partial charge in [-0.05, 0) is 18.1 Å². The number of phenolic OH excluding ortho intramolecular Hbond substituents is 1. The van der Waals surface area contributed by atoms with Crippen molar-refractivity contribution in [2.75, 3.05) is 12.4 Å². The van der Waals surface area contributed by atoms with E-state index in [0.717, 1.165) is 39.1 Å². The molecule has 0 aliphatic carbocycles. The highest BCUT2D eigenvalue weighted by atomic mass is 32.1. The summed E-state index contributed by atoms with van der Waals surface area (Å²) in [4.78, 5) is 10.4. The Hall–Kier alpha value is -2.96. The Morgan fingerprint density at radius 2 is 1.83 bits per heavy atom. The van der Waals surface area contributed by atoms with Gasteiger partial charge in [0, 0.05) is 23.6 Å². The number of nitrogens with zero attached hydrogens (tertiary/aromatic N) is 2. The first-order valence-electron chi connectivity index (χ1n) is 9.58. The number of para-hydroxylation sites is 1. The third-order valence-electron chi connectivity index (χ3n) is 4.87. The van der Waals surface area contributed by atoms with Crippen LogP contribution < -0.4 is 5.32 Å². The van der Waals surface area contributed by atoms with E-state index in [9.17, 15) is 5.11 Å². The molecule has 0 saturated carbocycles. The fraction of sp³-hybridized carbons (Fsp3) is 0.217. The molecule has 2 aromatic carbocycles. The highest BCUT2D eigenvalue weighted by molar-refractivity contribution is 7.17. The summed E-state index contributed by atoms with van der Waals surface area (Å²) in [5.41, 5.74) is 3.08. The highest BCUT2D eigenvalue weighted by Gasteiger charge is 2.19. The second kappa shape index (κ2) is 8.59. The number of anilines is 1. The zero-order chi connectivity index (χ0) is 20.2. The monoisotopic (exact) mass is 405 g/mol. The lowest BCUT2D eigenvalue weighted by Crippen LogP contribution is -2.13. The third kappa shape index (κ3) is 3.95. The van der Waals surface area contributed by atoms with E-state index in [-0.39, 0.29) is 11.8 Å². The lowest BCUT2D eigenvalue weighted by molar-refractivity contribution is 0.178. The van der Waals surface area contributed by atoms with Crippen LogP contribution in [0.15, 0.2) is 60.0 Å². The molecule has 1 unspecified atom stereocenters. The van der Waals surface area contributed by atoms with Crippen LogP contribution in [-0.4, -0.2) is 22.2 Å². The van der Waals surface area contributed by atoms with Gasteiger partial charge < -0.3 is 15.2 Å². The van der Waals surface area contributed by atoms with Crippen molar-refractivity contribution in [3.05, 3.63) is 71.4 Å². The van der Waals surface area contributed by atoms with Gasteiger partial charge in [0.25, 0.3) is 0 Å². The maximum atomic E-state index is 10.3. The minimum absolute atomic E-state index is 0.0757. The van der Waals surface area contributed by atoms with Crippen molar-refractivity contribution in [1.29, 1.82) is 0 Å². The minimum Gasteiger partial charge on any atom is -0.508 e. The van der Waals surface area contributed by atoms with Gasteiger partial charge in [-0.25, -0.2) is 9.97 Å². The summed E-state index contributed by atoms with van der Waals surface area (Å²) in [5, 5.41) is 17.0. The number of methoxy groups -OCH3 is 1. The Kier molecular flexibility index (Phi) is 5.74. The summed E-state index contributed by atoms with van der Waals surface area (Å²) in [6.45, 7) is 2.43. The molecule has 6 heteroatoms. The number of fused-ring (bicyclic) bond motifs is 1. The van der Waals surface area contributed by atoms with Gasteiger partial charge in [-0.1, -0.05) is 55.5 Å². The van der Waals surface area contributed by atoms with Crippen molar-refractivity contribution in [2.24, 2.45) is 0 Å². The first-order valence-corrected chi connectivity index (χ1v) is 10.5. The molecule has 0 saturated heterocycles. The van der Waals surface area contributed by atoms with E-state index in [0.29, 0.717) is 12.4 Å². The molecular weight excluding hydrogens is 382 g/mol. The number of rotatable bonds is 7. The maximum absolute atomic E-state index is 10.3. The first kappa shape index (κ1) is 19.4. The lowest BCUT2D eigenvalue weighted by atomic mass is 10.0. The van der Waals surface area contributed by atoms with Gasteiger partial charge in [0.1, 0.15) is 23.0 Å². The van der Waals surface area contributed by atoms with Gasteiger partial charge in [0.15, 0.2) is 5.82 Å². The summed E-state index contributed by atoms with van der Waals surface area (Å²) in [6.07, 6.45) is 0.799. The molecule has 0 aliphatic rings. The largest absolute Gasteiger partial charge is 0.508 e. The number of nitrogens with one attached hydrogen (secondary N) is 1. The SMILES string of the molecule is CCC(Nc1nc(COC)nc2scc(-c3ccccc3)c12)c1ccccc1O. The van der Waals surface area contributed by atoms with E-state index in [2.05, 4.69) is 34.7 Å². The zero-order valence-electron chi connectivity index (χ0n) is 16.4. The van der Waals surface area contributed by atoms with Crippen LogP contribution in [-0.2, 0) is 11.3 Å². The van der Waals surface area contributed by atoms with Gasteiger partial charge in [-0.15, -0.1) is 11.3 Å². The topological polar surface area (TPSA) is 67.3 Å². The predicted molar refractivity (Wildman–Crippen MR) is 118 cm³/mol. The van der Waals surface area contributed by atoms with Crippen molar-refractivity contribution in [1.82, 2.24) is 9.97 Å². The molecule has 0 radical (unpaired) electrons. The van der Waals surface area contributed by atoms with Crippen molar-refractivity contribution in [3.8, 4) is 16.9 Å². The van der Waals surface area contributed by atoms with Crippen molar-refractivity contribution in [3.63, 3.8) is 0 Å². The van der Waals surface area contributed by atoms with Crippen molar-refractivity contribution < 1.29 is 9.84 Å². The number of phenols is 1. The normalized spacial score (nSPS) is 12.2. The number of ether oxygens (including phenoxy) is 1. The summed E-state index contributed by atoms with van der Waals surface area (Å²) in [7, 11) is 1.64. The van der Waals surface area contributed by atoms with Gasteiger partial charge >= 0.3 is 0 Å². The van der Waals surface area contributed by atoms with Crippen LogP contribution in [0.1, 0.15) is 30.8 Å². The summed E-state index contributed by atoms with van der Waals surface area (Å²) >= 11 is 1.60. The van der Waals surface area contributed by atoms with E-state index in [1.165, 1.54) is 0 Å². The Morgan fingerprint density at radius 1 is 1.07 bits per heavy atom. The molecule has 0 bridgehead atoms. The third-order valence-corrected chi connectivity index (χ3v) is 5.74. The molecule has 0 amide bonds. The smallest absolute Gasteiger partial charge is 0.158 e. The molecule has 4 rings (SSSR count). The fourth-order valence-electron chi connectivity index (χ4n) is 3.46. The van der Waals surface area contributed by atoms with E-state index in [1.54, 1.807) is 24.5 Å². The van der Waals surface area contributed by atoms with Gasteiger partial charge in [-0.2, -0.15) is 0 Å². The average Bonchev–Trinajstić information content (AvgIpc) is 3.18. The summed E-state index contributed by atoms with van der Waals surface area (Å²) in [6, 6.07) is 17.6. The average molecular weight is 406 g/mol. The zero-order valence-corrected chi connectivity index (χ0v) is 17.2. The van der Waals surface area contributed by atoms with Crippen LogP contribution in [0.3, 0.4) is 0 Å². The van der Waals surface area contributed by atoms with Gasteiger partial charge in [0.2, 0.25) is 0 Å².